The van der Waals surface area contributed by atoms with Gasteiger partial charge in [0.15, 0.2) is 0 Å². The zero-order valence-corrected chi connectivity index (χ0v) is 16.1. The summed E-state index contributed by atoms with van der Waals surface area (Å²) in [7, 11) is 0. The Bertz CT molecular complexity index is 903. The summed E-state index contributed by atoms with van der Waals surface area (Å²) in [4.78, 5) is 19.2. The Morgan fingerprint density at radius 3 is 2.58 bits per heavy atom. The van der Waals surface area contributed by atoms with E-state index in [1.54, 1.807) is 0 Å². The minimum absolute atomic E-state index is 0. The van der Waals surface area contributed by atoms with Crippen LogP contribution in [-0.4, -0.2) is 46.4 Å². The summed E-state index contributed by atoms with van der Waals surface area (Å²) in [5.41, 5.74) is 4.71. The van der Waals surface area contributed by atoms with Gasteiger partial charge in [-0.15, -0.1) is 24.8 Å². The summed E-state index contributed by atoms with van der Waals surface area (Å²) >= 11 is 0. The number of imidazole rings is 1. The van der Waals surface area contributed by atoms with Crippen LogP contribution in [0.1, 0.15) is 16.1 Å². The van der Waals surface area contributed by atoms with Crippen molar-refractivity contribution < 1.29 is 4.79 Å². The molecule has 1 aromatic carbocycles. The van der Waals surface area contributed by atoms with Gasteiger partial charge in [0.25, 0.3) is 5.91 Å². The molecule has 1 aliphatic rings. The Hall–Kier alpha value is -2.08. The molecule has 0 atom stereocenters. The number of carbonyl (C=O) groups excluding carboxylic acids is 1. The standard InChI is InChI=1S/C19H20N4O.2ClH/c1-14-13-23-17(6-3-7-18(23)21-14)15-4-2-5-16(12-15)19(24)22-10-8-20-9-11-22;;/h2-7,12-13,20H,8-11H2,1H3;2*1H. The number of aryl methyl sites for hydroxylation is 1. The van der Waals surface area contributed by atoms with Crippen LogP contribution in [-0.2, 0) is 0 Å². The number of amides is 1. The van der Waals surface area contributed by atoms with Gasteiger partial charge in [0.05, 0.1) is 11.4 Å². The Balaban J connectivity index is 0.00000121. The molecule has 0 saturated carbocycles. The van der Waals surface area contributed by atoms with Crippen molar-refractivity contribution >= 4 is 36.4 Å². The lowest BCUT2D eigenvalue weighted by atomic mass is 10.1. The number of carbonyl (C=O) groups is 1. The molecule has 0 aliphatic carbocycles. The summed E-state index contributed by atoms with van der Waals surface area (Å²) in [6.45, 7) is 5.23. The number of benzene rings is 1. The molecule has 0 unspecified atom stereocenters. The summed E-state index contributed by atoms with van der Waals surface area (Å²) in [5, 5.41) is 3.28. The highest BCUT2D eigenvalue weighted by Gasteiger charge is 2.18. The van der Waals surface area contributed by atoms with Crippen LogP contribution in [0, 0.1) is 6.92 Å². The first kappa shape index (κ1) is 20.2. The highest BCUT2D eigenvalue weighted by molar-refractivity contribution is 5.95. The maximum absolute atomic E-state index is 12.7. The maximum Gasteiger partial charge on any atom is 0.253 e. The van der Waals surface area contributed by atoms with Gasteiger partial charge >= 0.3 is 0 Å². The molecule has 26 heavy (non-hydrogen) atoms. The van der Waals surface area contributed by atoms with Crippen LogP contribution in [0.2, 0.25) is 0 Å². The fourth-order valence-corrected chi connectivity index (χ4v) is 3.23. The van der Waals surface area contributed by atoms with Gasteiger partial charge in [0.1, 0.15) is 5.65 Å². The molecule has 5 nitrogen and oxygen atoms in total. The number of pyridine rings is 1. The van der Waals surface area contributed by atoms with E-state index < -0.39 is 0 Å². The first-order valence-electron chi connectivity index (χ1n) is 8.27. The molecule has 0 bridgehead atoms. The highest BCUT2D eigenvalue weighted by Crippen LogP contribution is 2.23. The first-order chi connectivity index (χ1) is 11.7. The molecular formula is C19H22Cl2N4O. The lowest BCUT2D eigenvalue weighted by Crippen LogP contribution is -2.46. The van der Waals surface area contributed by atoms with Crippen LogP contribution in [0.25, 0.3) is 16.9 Å². The largest absolute Gasteiger partial charge is 0.336 e. The van der Waals surface area contributed by atoms with E-state index in [-0.39, 0.29) is 30.7 Å². The fourth-order valence-electron chi connectivity index (χ4n) is 3.23. The van der Waals surface area contributed by atoms with Crippen molar-refractivity contribution in [3.8, 4) is 11.3 Å². The number of hydrogen-bond acceptors (Lipinski definition) is 3. The third-order valence-electron chi connectivity index (χ3n) is 4.42. The maximum atomic E-state index is 12.7. The normalized spacial score (nSPS) is 13.8. The monoisotopic (exact) mass is 392 g/mol. The second kappa shape index (κ2) is 8.54. The topological polar surface area (TPSA) is 49.6 Å². The molecule has 138 valence electrons. The third kappa shape index (κ3) is 3.85. The van der Waals surface area contributed by atoms with Crippen LogP contribution >= 0.6 is 24.8 Å². The Morgan fingerprint density at radius 2 is 1.81 bits per heavy atom. The van der Waals surface area contributed by atoms with Crippen LogP contribution in [0.15, 0.2) is 48.7 Å². The summed E-state index contributed by atoms with van der Waals surface area (Å²) < 4.78 is 2.07. The Kier molecular flexibility index (Phi) is 6.64. The molecule has 0 spiro atoms. The van der Waals surface area contributed by atoms with E-state index in [4.69, 9.17) is 0 Å². The second-order valence-corrected chi connectivity index (χ2v) is 6.14. The van der Waals surface area contributed by atoms with Gasteiger partial charge < -0.3 is 10.2 Å². The number of nitrogens with one attached hydrogen (secondary N) is 1. The minimum atomic E-state index is 0. The van der Waals surface area contributed by atoms with Crippen LogP contribution in [0.5, 0.6) is 0 Å². The lowest BCUT2D eigenvalue weighted by molar-refractivity contribution is 0.0736. The van der Waals surface area contributed by atoms with Crippen LogP contribution in [0.4, 0.5) is 0 Å². The number of nitrogens with zero attached hydrogens (tertiary/aromatic N) is 3. The predicted octanol–water partition coefficient (Wildman–Crippen LogP) is 3.20. The quantitative estimate of drug-likeness (QED) is 0.728. The van der Waals surface area contributed by atoms with Gasteiger partial charge in [-0.25, -0.2) is 4.98 Å². The van der Waals surface area contributed by atoms with Crippen LogP contribution in [0.3, 0.4) is 0 Å². The van der Waals surface area contributed by atoms with E-state index in [1.165, 1.54) is 0 Å². The van der Waals surface area contributed by atoms with E-state index in [2.05, 4.69) is 20.8 Å². The van der Waals surface area contributed by atoms with Crippen molar-refractivity contribution in [2.24, 2.45) is 0 Å². The second-order valence-electron chi connectivity index (χ2n) is 6.14. The Morgan fingerprint density at radius 1 is 1.08 bits per heavy atom. The number of piperazine rings is 1. The molecule has 2 aromatic heterocycles. The Labute approximate surface area is 165 Å². The van der Waals surface area contributed by atoms with Crippen molar-refractivity contribution in [1.82, 2.24) is 19.6 Å². The summed E-state index contributed by atoms with van der Waals surface area (Å²) in [5.74, 6) is 0.104. The summed E-state index contributed by atoms with van der Waals surface area (Å²) in [6.07, 6.45) is 2.02. The number of aromatic nitrogens is 2. The zero-order valence-electron chi connectivity index (χ0n) is 14.5. The molecule has 1 saturated heterocycles. The van der Waals surface area contributed by atoms with Gasteiger partial charge in [-0.05, 0) is 36.8 Å². The van der Waals surface area contributed by atoms with Crippen LogP contribution < -0.4 is 5.32 Å². The average molecular weight is 393 g/mol. The van der Waals surface area contributed by atoms with E-state index in [9.17, 15) is 4.79 Å². The first-order valence-corrected chi connectivity index (χ1v) is 8.27. The molecule has 3 heterocycles. The van der Waals surface area contributed by atoms with E-state index >= 15 is 0 Å². The van der Waals surface area contributed by atoms with Crippen molar-refractivity contribution in [3.63, 3.8) is 0 Å². The molecule has 7 heteroatoms. The molecule has 1 aliphatic heterocycles. The van der Waals surface area contributed by atoms with E-state index in [0.717, 1.165) is 54.3 Å². The molecular weight excluding hydrogens is 371 g/mol. The number of rotatable bonds is 2. The number of fused-ring (bicyclic) bond motifs is 1. The van der Waals surface area contributed by atoms with E-state index in [1.807, 2.05) is 54.4 Å². The van der Waals surface area contributed by atoms with Gasteiger partial charge in [0, 0.05) is 37.9 Å². The highest BCUT2D eigenvalue weighted by atomic mass is 35.5. The average Bonchev–Trinajstić information content (AvgIpc) is 3.02. The zero-order chi connectivity index (χ0) is 16.5. The number of halogens is 2. The molecule has 1 amide bonds. The number of hydrogen-bond donors (Lipinski definition) is 1. The summed E-state index contributed by atoms with van der Waals surface area (Å²) in [6, 6.07) is 13.9. The molecule has 0 radical (unpaired) electrons. The van der Waals surface area contributed by atoms with Gasteiger partial charge in [-0.3, -0.25) is 9.20 Å². The van der Waals surface area contributed by atoms with Crippen molar-refractivity contribution in [2.45, 2.75) is 6.92 Å². The third-order valence-corrected chi connectivity index (χ3v) is 4.42. The predicted molar refractivity (Wildman–Crippen MR) is 109 cm³/mol. The molecule has 1 N–H and O–H groups in total. The molecule has 3 aromatic rings. The van der Waals surface area contributed by atoms with Gasteiger partial charge in [0.2, 0.25) is 0 Å². The van der Waals surface area contributed by atoms with Crippen molar-refractivity contribution in [1.29, 1.82) is 0 Å². The van der Waals surface area contributed by atoms with Gasteiger partial charge in [-0.2, -0.15) is 0 Å². The lowest BCUT2D eigenvalue weighted by Gasteiger charge is -2.27. The van der Waals surface area contributed by atoms with E-state index in [0.29, 0.717) is 0 Å². The van der Waals surface area contributed by atoms with Crippen molar-refractivity contribution in [3.05, 3.63) is 59.9 Å². The molecule has 4 rings (SSSR count). The van der Waals surface area contributed by atoms with Crippen molar-refractivity contribution in [2.75, 3.05) is 26.2 Å². The smallest absolute Gasteiger partial charge is 0.253 e. The fraction of sp³-hybridized carbons (Fsp3) is 0.263. The SMILES string of the molecule is Cc1cn2c(-c3cccc(C(=O)N4CCNCC4)c3)cccc2n1.Cl.Cl. The van der Waals surface area contributed by atoms with Gasteiger partial charge in [-0.1, -0.05) is 18.2 Å². The minimum Gasteiger partial charge on any atom is -0.336 e. The molecule has 1 fully saturated rings.